The van der Waals surface area contributed by atoms with Gasteiger partial charge in [0, 0.05) is 16.6 Å². The van der Waals surface area contributed by atoms with Crippen LogP contribution in [0.2, 0.25) is 0 Å². The van der Waals surface area contributed by atoms with Crippen LogP contribution >= 0.6 is 28.1 Å². The second kappa shape index (κ2) is 6.68. The Hall–Kier alpha value is -0.980. The number of carbonyl (C=O) groups excluding carboxylic acids is 1. The van der Waals surface area contributed by atoms with E-state index >= 15 is 0 Å². The maximum absolute atomic E-state index is 11.7. The fraction of sp³-hybridized carbons (Fsp3) is 0.273. The summed E-state index contributed by atoms with van der Waals surface area (Å²) < 4.78 is 0.906. The summed E-state index contributed by atoms with van der Waals surface area (Å²) in [6.07, 6.45) is -0.516. The Morgan fingerprint density at radius 1 is 1.47 bits per heavy atom. The van der Waals surface area contributed by atoms with Crippen molar-refractivity contribution in [3.63, 3.8) is 0 Å². The number of hydrogen-bond donors (Lipinski definition) is 3. The summed E-state index contributed by atoms with van der Waals surface area (Å²) in [6, 6.07) is 6.94. The van der Waals surface area contributed by atoms with Crippen molar-refractivity contribution < 1.29 is 9.90 Å². The van der Waals surface area contributed by atoms with Gasteiger partial charge in [-0.2, -0.15) is 0 Å². The minimum atomic E-state index is -0.516. The van der Waals surface area contributed by atoms with Crippen molar-refractivity contribution in [1.82, 2.24) is 10.6 Å². The van der Waals surface area contributed by atoms with Gasteiger partial charge in [-0.3, -0.25) is 10.1 Å². The molecular formula is C11H13BrN2O2S. The van der Waals surface area contributed by atoms with Crippen LogP contribution in [0.25, 0.3) is 0 Å². The summed E-state index contributed by atoms with van der Waals surface area (Å²) in [4.78, 5) is 11.7. The first-order valence-corrected chi connectivity index (χ1v) is 6.22. The summed E-state index contributed by atoms with van der Waals surface area (Å²) in [5.74, 6) is -0.277. The molecular weight excluding hydrogens is 304 g/mol. The SMILES string of the molecule is CC(O)CNC(=S)NC(=O)c1ccc(Br)cc1. The zero-order valence-electron chi connectivity index (χ0n) is 9.24. The van der Waals surface area contributed by atoms with E-state index < -0.39 is 6.10 Å². The Morgan fingerprint density at radius 3 is 2.59 bits per heavy atom. The summed E-state index contributed by atoms with van der Waals surface area (Å²) in [7, 11) is 0. The molecule has 0 fully saturated rings. The molecule has 17 heavy (non-hydrogen) atoms. The van der Waals surface area contributed by atoms with Crippen LogP contribution in [0.5, 0.6) is 0 Å². The van der Waals surface area contributed by atoms with Crippen LogP contribution in [0.15, 0.2) is 28.7 Å². The first-order valence-electron chi connectivity index (χ1n) is 5.02. The number of nitrogens with one attached hydrogen (secondary N) is 2. The molecule has 0 bridgehead atoms. The molecule has 1 aromatic rings. The summed E-state index contributed by atoms with van der Waals surface area (Å²) in [5, 5.41) is 14.5. The molecule has 1 unspecified atom stereocenters. The molecule has 0 saturated carbocycles. The van der Waals surface area contributed by atoms with Crippen molar-refractivity contribution >= 4 is 39.2 Å². The number of halogens is 1. The van der Waals surface area contributed by atoms with Crippen molar-refractivity contribution in [3.05, 3.63) is 34.3 Å². The highest BCUT2D eigenvalue weighted by Crippen LogP contribution is 2.10. The Morgan fingerprint density at radius 2 is 2.06 bits per heavy atom. The van der Waals surface area contributed by atoms with E-state index in [4.69, 9.17) is 17.3 Å². The van der Waals surface area contributed by atoms with E-state index in [1.807, 2.05) is 0 Å². The summed E-state index contributed by atoms with van der Waals surface area (Å²) in [6.45, 7) is 1.94. The monoisotopic (exact) mass is 316 g/mol. The van der Waals surface area contributed by atoms with Crippen LogP contribution < -0.4 is 10.6 Å². The molecule has 1 rings (SSSR count). The van der Waals surface area contributed by atoms with Gasteiger partial charge in [-0.25, -0.2) is 0 Å². The Bertz CT molecular complexity index is 406. The Kier molecular flexibility index (Phi) is 5.54. The number of benzene rings is 1. The predicted octanol–water partition coefficient (Wildman–Crippen LogP) is 1.43. The Labute approximate surface area is 114 Å². The van der Waals surface area contributed by atoms with E-state index in [1.165, 1.54) is 0 Å². The molecule has 92 valence electrons. The average Bonchev–Trinajstić information content (AvgIpc) is 2.27. The van der Waals surface area contributed by atoms with E-state index in [0.717, 1.165) is 4.47 Å². The fourth-order valence-corrected chi connectivity index (χ4v) is 1.50. The number of rotatable bonds is 3. The number of carbonyl (C=O) groups is 1. The summed E-state index contributed by atoms with van der Waals surface area (Å²) >= 11 is 8.20. The summed E-state index contributed by atoms with van der Waals surface area (Å²) in [5.41, 5.74) is 0.523. The molecule has 0 aliphatic carbocycles. The van der Waals surface area contributed by atoms with E-state index in [0.29, 0.717) is 12.1 Å². The smallest absolute Gasteiger partial charge is 0.257 e. The number of aliphatic hydroxyl groups is 1. The van der Waals surface area contributed by atoms with Gasteiger partial charge in [-0.05, 0) is 43.4 Å². The maximum Gasteiger partial charge on any atom is 0.257 e. The first kappa shape index (κ1) is 14.1. The van der Waals surface area contributed by atoms with Gasteiger partial charge in [-0.1, -0.05) is 15.9 Å². The van der Waals surface area contributed by atoms with E-state index in [-0.39, 0.29) is 11.0 Å². The van der Waals surface area contributed by atoms with Gasteiger partial charge in [0.15, 0.2) is 5.11 Å². The second-order valence-corrected chi connectivity index (χ2v) is 4.84. The van der Waals surface area contributed by atoms with Crippen LogP contribution in [-0.2, 0) is 0 Å². The van der Waals surface area contributed by atoms with E-state index in [1.54, 1.807) is 31.2 Å². The van der Waals surface area contributed by atoms with Gasteiger partial charge < -0.3 is 10.4 Å². The maximum atomic E-state index is 11.7. The number of thiocarbonyl (C=S) groups is 1. The highest BCUT2D eigenvalue weighted by Gasteiger charge is 2.07. The lowest BCUT2D eigenvalue weighted by Crippen LogP contribution is -2.41. The molecule has 0 heterocycles. The first-order chi connectivity index (χ1) is 7.99. The lowest BCUT2D eigenvalue weighted by Gasteiger charge is -2.10. The molecule has 1 amide bonds. The van der Waals surface area contributed by atoms with Gasteiger partial charge in [0.1, 0.15) is 0 Å². The molecule has 3 N–H and O–H groups in total. The quantitative estimate of drug-likeness (QED) is 0.738. The number of aliphatic hydroxyl groups excluding tert-OH is 1. The van der Waals surface area contributed by atoms with Crippen molar-refractivity contribution in [2.24, 2.45) is 0 Å². The van der Waals surface area contributed by atoms with E-state index in [9.17, 15) is 4.79 Å². The van der Waals surface area contributed by atoms with Crippen molar-refractivity contribution in [2.75, 3.05) is 6.54 Å². The van der Waals surface area contributed by atoms with Crippen LogP contribution in [0.1, 0.15) is 17.3 Å². The Balaban J connectivity index is 2.49. The molecule has 6 heteroatoms. The van der Waals surface area contributed by atoms with E-state index in [2.05, 4.69) is 26.6 Å². The molecule has 0 spiro atoms. The van der Waals surface area contributed by atoms with Crippen molar-refractivity contribution in [3.8, 4) is 0 Å². The number of hydrogen-bond acceptors (Lipinski definition) is 3. The third-order valence-electron chi connectivity index (χ3n) is 1.89. The molecule has 0 aromatic heterocycles. The molecule has 4 nitrogen and oxygen atoms in total. The van der Waals surface area contributed by atoms with Gasteiger partial charge in [-0.15, -0.1) is 0 Å². The lowest BCUT2D eigenvalue weighted by atomic mass is 10.2. The van der Waals surface area contributed by atoms with Crippen molar-refractivity contribution in [1.29, 1.82) is 0 Å². The van der Waals surface area contributed by atoms with Crippen molar-refractivity contribution in [2.45, 2.75) is 13.0 Å². The zero-order valence-corrected chi connectivity index (χ0v) is 11.6. The minimum absolute atomic E-state index is 0.207. The van der Waals surface area contributed by atoms with Crippen LogP contribution in [0, 0.1) is 0 Å². The predicted molar refractivity (Wildman–Crippen MR) is 73.9 cm³/mol. The molecule has 0 aliphatic heterocycles. The van der Waals surface area contributed by atoms with Crippen LogP contribution in [0.3, 0.4) is 0 Å². The highest BCUT2D eigenvalue weighted by molar-refractivity contribution is 9.10. The zero-order chi connectivity index (χ0) is 12.8. The minimum Gasteiger partial charge on any atom is -0.392 e. The largest absolute Gasteiger partial charge is 0.392 e. The molecule has 0 saturated heterocycles. The van der Waals surface area contributed by atoms with Crippen LogP contribution in [-0.4, -0.2) is 28.8 Å². The molecule has 1 atom stereocenters. The third-order valence-corrected chi connectivity index (χ3v) is 2.67. The van der Waals surface area contributed by atoms with Gasteiger partial charge in [0.2, 0.25) is 0 Å². The average molecular weight is 317 g/mol. The molecule has 0 aliphatic rings. The van der Waals surface area contributed by atoms with Gasteiger partial charge in [0.05, 0.1) is 6.10 Å². The van der Waals surface area contributed by atoms with Crippen LogP contribution in [0.4, 0.5) is 0 Å². The lowest BCUT2D eigenvalue weighted by molar-refractivity contribution is 0.0976. The second-order valence-electron chi connectivity index (χ2n) is 3.52. The molecule has 0 radical (unpaired) electrons. The van der Waals surface area contributed by atoms with Gasteiger partial charge >= 0.3 is 0 Å². The molecule has 1 aromatic carbocycles. The topological polar surface area (TPSA) is 61.4 Å². The standard InChI is InChI=1S/C11H13BrN2O2S/c1-7(15)6-13-11(17)14-10(16)8-2-4-9(12)5-3-8/h2-5,7,15H,6H2,1H3,(H2,13,14,16,17). The van der Waals surface area contributed by atoms with Gasteiger partial charge in [0.25, 0.3) is 5.91 Å². The normalized spacial score (nSPS) is 11.7. The number of amides is 1. The highest BCUT2D eigenvalue weighted by atomic mass is 79.9. The third kappa shape index (κ3) is 5.25. The fourth-order valence-electron chi connectivity index (χ4n) is 1.06.